The molecular formula is C17H25N3O. The van der Waals surface area contributed by atoms with Crippen LogP contribution in [0, 0.1) is 5.92 Å². The summed E-state index contributed by atoms with van der Waals surface area (Å²) < 4.78 is 0. The Kier molecular flexibility index (Phi) is 4.04. The Morgan fingerprint density at radius 3 is 3.00 bits per heavy atom. The molecular weight excluding hydrogens is 262 g/mol. The number of aryl methyl sites for hydroxylation is 1. The van der Waals surface area contributed by atoms with Gasteiger partial charge in [-0.15, -0.1) is 0 Å². The van der Waals surface area contributed by atoms with E-state index in [0.29, 0.717) is 12.5 Å². The van der Waals surface area contributed by atoms with Crippen LogP contribution in [0.3, 0.4) is 0 Å². The zero-order valence-corrected chi connectivity index (χ0v) is 12.7. The van der Waals surface area contributed by atoms with Crippen LogP contribution in [-0.2, 0) is 11.2 Å². The Morgan fingerprint density at radius 2 is 2.19 bits per heavy atom. The minimum absolute atomic E-state index is 0.0990. The standard InChI is InChI=1S/C17H25N3O/c1-2-11-4-3-5-13(8-11)19-16-10-15-12(9-14(16)18)6-7-17(21)20-15/h9-11,13,19H,2-8,18H2,1H3,(H,20,21). The molecule has 0 spiro atoms. The van der Waals surface area contributed by atoms with Gasteiger partial charge in [0.1, 0.15) is 0 Å². The highest BCUT2D eigenvalue weighted by atomic mass is 16.1. The lowest BCUT2D eigenvalue weighted by molar-refractivity contribution is -0.116. The molecule has 114 valence electrons. The van der Waals surface area contributed by atoms with Crippen molar-refractivity contribution in [3.8, 4) is 0 Å². The number of anilines is 3. The van der Waals surface area contributed by atoms with Crippen LogP contribution in [0.5, 0.6) is 0 Å². The monoisotopic (exact) mass is 287 g/mol. The van der Waals surface area contributed by atoms with Gasteiger partial charge >= 0.3 is 0 Å². The highest BCUT2D eigenvalue weighted by molar-refractivity contribution is 5.95. The second kappa shape index (κ2) is 5.96. The summed E-state index contributed by atoms with van der Waals surface area (Å²) in [4.78, 5) is 11.5. The minimum atomic E-state index is 0.0990. The Hall–Kier alpha value is -1.71. The Labute approximate surface area is 126 Å². The van der Waals surface area contributed by atoms with Crippen LogP contribution in [-0.4, -0.2) is 11.9 Å². The Bertz CT molecular complexity index is 541. The highest BCUT2D eigenvalue weighted by Crippen LogP contribution is 2.34. The first-order valence-electron chi connectivity index (χ1n) is 8.14. The van der Waals surface area contributed by atoms with E-state index in [9.17, 15) is 4.79 Å². The summed E-state index contributed by atoms with van der Waals surface area (Å²) in [5.41, 5.74) is 10.0. The second-order valence-corrected chi connectivity index (χ2v) is 6.43. The van der Waals surface area contributed by atoms with Crippen LogP contribution in [0.25, 0.3) is 0 Å². The summed E-state index contributed by atoms with van der Waals surface area (Å²) in [5.74, 6) is 0.928. The number of nitrogens with one attached hydrogen (secondary N) is 2. The van der Waals surface area contributed by atoms with E-state index in [2.05, 4.69) is 17.6 Å². The number of carbonyl (C=O) groups excluding carboxylic acids is 1. The third-order valence-corrected chi connectivity index (χ3v) is 4.89. The maximum atomic E-state index is 11.5. The first kappa shape index (κ1) is 14.2. The molecule has 3 rings (SSSR count). The lowest BCUT2D eigenvalue weighted by atomic mass is 9.84. The molecule has 1 heterocycles. The van der Waals surface area contributed by atoms with Crippen LogP contribution in [0.1, 0.15) is 51.0 Å². The van der Waals surface area contributed by atoms with Gasteiger partial charge in [-0.25, -0.2) is 0 Å². The predicted molar refractivity (Wildman–Crippen MR) is 87.5 cm³/mol. The first-order chi connectivity index (χ1) is 10.2. The van der Waals surface area contributed by atoms with Crippen molar-refractivity contribution in [2.75, 3.05) is 16.4 Å². The van der Waals surface area contributed by atoms with Crippen LogP contribution >= 0.6 is 0 Å². The molecule has 2 unspecified atom stereocenters. The fraction of sp³-hybridized carbons (Fsp3) is 0.588. The molecule has 2 aliphatic rings. The molecule has 1 aromatic rings. The average molecular weight is 287 g/mol. The number of nitrogen functional groups attached to an aromatic ring is 1. The predicted octanol–water partition coefficient (Wildman–Crippen LogP) is 3.53. The number of amides is 1. The van der Waals surface area contributed by atoms with Crippen molar-refractivity contribution in [2.45, 2.75) is 57.9 Å². The molecule has 4 nitrogen and oxygen atoms in total. The maximum absolute atomic E-state index is 11.5. The van der Waals surface area contributed by atoms with Gasteiger partial charge in [-0.2, -0.15) is 0 Å². The van der Waals surface area contributed by atoms with E-state index in [1.54, 1.807) is 0 Å². The molecule has 1 aliphatic carbocycles. The quantitative estimate of drug-likeness (QED) is 0.745. The summed E-state index contributed by atoms with van der Waals surface area (Å²) in [7, 11) is 0. The van der Waals surface area contributed by atoms with E-state index < -0.39 is 0 Å². The fourth-order valence-electron chi connectivity index (χ4n) is 3.59. The summed E-state index contributed by atoms with van der Waals surface area (Å²) in [6, 6.07) is 4.53. The van der Waals surface area contributed by atoms with Crippen molar-refractivity contribution < 1.29 is 4.79 Å². The molecule has 4 heteroatoms. The molecule has 0 bridgehead atoms. The number of hydrogen-bond donors (Lipinski definition) is 3. The van der Waals surface area contributed by atoms with Crippen molar-refractivity contribution in [1.82, 2.24) is 0 Å². The Morgan fingerprint density at radius 1 is 1.33 bits per heavy atom. The van der Waals surface area contributed by atoms with E-state index in [4.69, 9.17) is 5.73 Å². The van der Waals surface area contributed by atoms with Crippen molar-refractivity contribution in [3.63, 3.8) is 0 Å². The van der Waals surface area contributed by atoms with Crippen LogP contribution in [0.2, 0.25) is 0 Å². The normalized spacial score (nSPS) is 25.1. The van der Waals surface area contributed by atoms with Crippen molar-refractivity contribution in [3.05, 3.63) is 17.7 Å². The second-order valence-electron chi connectivity index (χ2n) is 6.43. The number of fused-ring (bicyclic) bond motifs is 1. The molecule has 1 fully saturated rings. The van der Waals surface area contributed by atoms with Gasteiger partial charge in [-0.1, -0.05) is 26.2 Å². The van der Waals surface area contributed by atoms with Gasteiger partial charge in [0.15, 0.2) is 0 Å². The minimum Gasteiger partial charge on any atom is -0.397 e. The molecule has 1 aromatic carbocycles. The van der Waals surface area contributed by atoms with E-state index in [0.717, 1.165) is 35.0 Å². The van der Waals surface area contributed by atoms with Crippen LogP contribution < -0.4 is 16.4 Å². The third-order valence-electron chi connectivity index (χ3n) is 4.89. The zero-order valence-electron chi connectivity index (χ0n) is 12.7. The topological polar surface area (TPSA) is 67.1 Å². The number of carbonyl (C=O) groups is 1. The van der Waals surface area contributed by atoms with Crippen LogP contribution in [0.4, 0.5) is 17.1 Å². The lowest BCUT2D eigenvalue weighted by Gasteiger charge is -2.30. The third kappa shape index (κ3) is 3.14. The van der Waals surface area contributed by atoms with Crippen molar-refractivity contribution in [1.29, 1.82) is 0 Å². The van der Waals surface area contributed by atoms with Gasteiger partial charge in [-0.05, 0) is 42.9 Å². The van der Waals surface area contributed by atoms with Gasteiger partial charge < -0.3 is 16.4 Å². The van der Waals surface area contributed by atoms with Gasteiger partial charge in [0.05, 0.1) is 11.4 Å². The summed E-state index contributed by atoms with van der Waals surface area (Å²) >= 11 is 0. The smallest absolute Gasteiger partial charge is 0.224 e. The molecule has 0 saturated heterocycles. The SMILES string of the molecule is CCC1CCCC(Nc2cc3c(cc2N)CCC(=O)N3)C1. The molecule has 21 heavy (non-hydrogen) atoms. The first-order valence-corrected chi connectivity index (χ1v) is 8.14. The molecule has 0 aromatic heterocycles. The van der Waals surface area contributed by atoms with Gasteiger partial charge in [-0.3, -0.25) is 4.79 Å². The molecule has 2 atom stereocenters. The zero-order chi connectivity index (χ0) is 14.8. The largest absolute Gasteiger partial charge is 0.397 e. The van der Waals surface area contributed by atoms with Gasteiger partial charge in [0, 0.05) is 18.2 Å². The Balaban J connectivity index is 1.76. The highest BCUT2D eigenvalue weighted by Gasteiger charge is 2.22. The number of rotatable bonds is 3. The number of benzene rings is 1. The summed E-state index contributed by atoms with van der Waals surface area (Å²) in [5, 5.41) is 6.55. The molecule has 4 N–H and O–H groups in total. The van der Waals surface area contributed by atoms with E-state index >= 15 is 0 Å². The van der Waals surface area contributed by atoms with E-state index in [-0.39, 0.29) is 5.91 Å². The lowest BCUT2D eigenvalue weighted by Crippen LogP contribution is -2.28. The molecule has 0 radical (unpaired) electrons. The van der Waals surface area contributed by atoms with Crippen LogP contribution in [0.15, 0.2) is 12.1 Å². The van der Waals surface area contributed by atoms with E-state index in [1.807, 2.05) is 12.1 Å². The van der Waals surface area contributed by atoms with Crippen molar-refractivity contribution in [2.24, 2.45) is 5.92 Å². The summed E-state index contributed by atoms with van der Waals surface area (Å²) in [6.45, 7) is 2.27. The maximum Gasteiger partial charge on any atom is 0.224 e. The number of nitrogens with two attached hydrogens (primary N) is 1. The molecule has 1 saturated carbocycles. The average Bonchev–Trinajstić information content (AvgIpc) is 2.49. The van der Waals surface area contributed by atoms with E-state index in [1.165, 1.54) is 32.1 Å². The van der Waals surface area contributed by atoms with Gasteiger partial charge in [0.2, 0.25) is 5.91 Å². The van der Waals surface area contributed by atoms with Gasteiger partial charge in [0.25, 0.3) is 0 Å². The summed E-state index contributed by atoms with van der Waals surface area (Å²) in [6.07, 6.45) is 7.67. The van der Waals surface area contributed by atoms with Crippen molar-refractivity contribution >= 4 is 23.0 Å². The fourth-order valence-corrected chi connectivity index (χ4v) is 3.59. The molecule has 1 amide bonds. The molecule has 1 aliphatic heterocycles. The number of hydrogen-bond acceptors (Lipinski definition) is 3.